The molecule has 1 N–H and O–H groups in total. The number of hydrogen-bond donors (Lipinski definition) is 1. The highest BCUT2D eigenvalue weighted by Crippen LogP contribution is 2.19. The number of aromatic nitrogens is 1. The summed E-state index contributed by atoms with van der Waals surface area (Å²) in [6, 6.07) is 0. The third-order valence-corrected chi connectivity index (χ3v) is 4.23. The molecule has 2 rings (SSSR count). The van der Waals surface area contributed by atoms with Gasteiger partial charge in [0.2, 0.25) is 11.8 Å². The van der Waals surface area contributed by atoms with Crippen LogP contribution in [0.2, 0.25) is 0 Å². The summed E-state index contributed by atoms with van der Waals surface area (Å²) in [6.45, 7) is 5.09. The van der Waals surface area contributed by atoms with E-state index in [9.17, 15) is 9.59 Å². The number of carbonyl (C=O) groups is 2. The van der Waals surface area contributed by atoms with Crippen molar-refractivity contribution in [2.45, 2.75) is 39.5 Å². The molecule has 6 heteroatoms. The number of rotatable bonds is 4. The molecule has 0 aliphatic carbocycles. The van der Waals surface area contributed by atoms with Gasteiger partial charge >= 0.3 is 0 Å². The molecule has 0 unspecified atom stereocenters. The zero-order valence-electron chi connectivity index (χ0n) is 12.9. The quantitative estimate of drug-likeness (QED) is 0.905. The first-order chi connectivity index (χ1) is 10.0. The molecule has 2 amide bonds. The lowest BCUT2D eigenvalue weighted by molar-refractivity contribution is -0.135. The van der Waals surface area contributed by atoms with E-state index in [2.05, 4.69) is 10.5 Å². The van der Waals surface area contributed by atoms with E-state index in [-0.39, 0.29) is 17.7 Å². The molecular weight excluding hydrogens is 270 g/mol. The maximum absolute atomic E-state index is 12.2. The van der Waals surface area contributed by atoms with Gasteiger partial charge in [0.1, 0.15) is 5.76 Å². The molecule has 0 saturated carbocycles. The van der Waals surface area contributed by atoms with Gasteiger partial charge in [-0.3, -0.25) is 9.59 Å². The van der Waals surface area contributed by atoms with Crippen LogP contribution in [0.1, 0.15) is 36.3 Å². The molecule has 0 atom stereocenters. The zero-order valence-corrected chi connectivity index (χ0v) is 12.9. The van der Waals surface area contributed by atoms with Crippen LogP contribution in [-0.4, -0.2) is 42.0 Å². The van der Waals surface area contributed by atoms with Crippen LogP contribution in [0.25, 0.3) is 0 Å². The third kappa shape index (κ3) is 3.62. The number of amides is 2. The van der Waals surface area contributed by atoms with Crippen molar-refractivity contribution in [2.75, 3.05) is 20.1 Å². The van der Waals surface area contributed by atoms with Crippen LogP contribution in [-0.2, 0) is 16.0 Å². The van der Waals surface area contributed by atoms with E-state index >= 15 is 0 Å². The van der Waals surface area contributed by atoms with E-state index in [1.807, 2.05) is 18.7 Å². The predicted molar refractivity (Wildman–Crippen MR) is 77.7 cm³/mol. The Labute approximate surface area is 124 Å². The Morgan fingerprint density at radius 1 is 1.33 bits per heavy atom. The van der Waals surface area contributed by atoms with Crippen molar-refractivity contribution in [1.82, 2.24) is 15.4 Å². The van der Waals surface area contributed by atoms with Crippen molar-refractivity contribution in [2.24, 2.45) is 5.92 Å². The van der Waals surface area contributed by atoms with Crippen molar-refractivity contribution in [3.8, 4) is 0 Å². The van der Waals surface area contributed by atoms with Crippen LogP contribution in [0.5, 0.6) is 0 Å². The molecule has 1 aliphatic heterocycles. The fourth-order valence-electron chi connectivity index (χ4n) is 2.84. The first kappa shape index (κ1) is 15.5. The van der Waals surface area contributed by atoms with Gasteiger partial charge in [-0.1, -0.05) is 5.16 Å². The molecule has 0 radical (unpaired) electrons. The summed E-state index contributed by atoms with van der Waals surface area (Å²) in [5, 5.41) is 6.58. The standard InChI is InChI=1S/C15H23N3O3/c1-10-13(11(2)21-17-10)4-5-14(19)18-8-6-12(7-9-18)15(20)16-3/h12H,4-9H2,1-3H3,(H,16,20). The van der Waals surface area contributed by atoms with E-state index in [1.54, 1.807) is 7.05 Å². The molecule has 0 aromatic carbocycles. The summed E-state index contributed by atoms with van der Waals surface area (Å²) in [4.78, 5) is 25.7. The van der Waals surface area contributed by atoms with Crippen molar-refractivity contribution < 1.29 is 14.1 Å². The highest BCUT2D eigenvalue weighted by Gasteiger charge is 2.26. The Hall–Kier alpha value is -1.85. The number of carbonyl (C=O) groups excluding carboxylic acids is 2. The van der Waals surface area contributed by atoms with Gasteiger partial charge < -0.3 is 14.7 Å². The van der Waals surface area contributed by atoms with Gasteiger partial charge in [-0.2, -0.15) is 0 Å². The van der Waals surface area contributed by atoms with Crippen molar-refractivity contribution in [3.63, 3.8) is 0 Å². The molecule has 1 aromatic rings. The number of aryl methyl sites for hydroxylation is 2. The minimum atomic E-state index is 0.0432. The number of piperidine rings is 1. The molecule has 1 aliphatic rings. The van der Waals surface area contributed by atoms with E-state index in [0.29, 0.717) is 25.9 Å². The monoisotopic (exact) mass is 293 g/mol. The van der Waals surface area contributed by atoms with Crippen LogP contribution in [0.3, 0.4) is 0 Å². The Morgan fingerprint density at radius 2 is 2.00 bits per heavy atom. The van der Waals surface area contributed by atoms with Gasteiger partial charge in [-0.25, -0.2) is 0 Å². The van der Waals surface area contributed by atoms with E-state index < -0.39 is 0 Å². The van der Waals surface area contributed by atoms with Gasteiger partial charge in [-0.15, -0.1) is 0 Å². The predicted octanol–water partition coefficient (Wildman–Crippen LogP) is 1.21. The fourth-order valence-corrected chi connectivity index (χ4v) is 2.84. The third-order valence-electron chi connectivity index (χ3n) is 4.23. The van der Waals surface area contributed by atoms with E-state index in [4.69, 9.17) is 4.52 Å². The van der Waals surface area contributed by atoms with E-state index in [1.165, 1.54) is 0 Å². The molecule has 1 fully saturated rings. The molecular formula is C15H23N3O3. The summed E-state index contributed by atoms with van der Waals surface area (Å²) >= 11 is 0. The second-order valence-corrected chi connectivity index (χ2v) is 5.57. The van der Waals surface area contributed by atoms with Gasteiger partial charge in [0.25, 0.3) is 0 Å². The number of likely N-dealkylation sites (tertiary alicyclic amines) is 1. The molecule has 0 bridgehead atoms. The normalized spacial score (nSPS) is 16.0. The van der Waals surface area contributed by atoms with Crippen LogP contribution in [0, 0.1) is 19.8 Å². The molecule has 21 heavy (non-hydrogen) atoms. The largest absolute Gasteiger partial charge is 0.361 e. The van der Waals surface area contributed by atoms with Crippen molar-refractivity contribution in [1.29, 1.82) is 0 Å². The Bertz CT molecular complexity index is 497. The van der Waals surface area contributed by atoms with Gasteiger partial charge in [-0.05, 0) is 33.1 Å². The summed E-state index contributed by atoms with van der Waals surface area (Å²) in [5.41, 5.74) is 1.89. The maximum Gasteiger partial charge on any atom is 0.222 e. The molecule has 1 saturated heterocycles. The summed E-state index contributed by atoms with van der Waals surface area (Å²) in [5.74, 6) is 1.06. The lowest BCUT2D eigenvalue weighted by Gasteiger charge is -2.31. The molecule has 6 nitrogen and oxygen atoms in total. The first-order valence-electron chi connectivity index (χ1n) is 7.44. The highest BCUT2D eigenvalue weighted by atomic mass is 16.5. The minimum absolute atomic E-state index is 0.0432. The molecule has 0 spiro atoms. The van der Waals surface area contributed by atoms with E-state index in [0.717, 1.165) is 29.9 Å². The first-order valence-corrected chi connectivity index (χ1v) is 7.44. The number of hydrogen-bond acceptors (Lipinski definition) is 4. The Kier molecular flexibility index (Phi) is 4.98. The smallest absolute Gasteiger partial charge is 0.222 e. The van der Waals surface area contributed by atoms with Crippen molar-refractivity contribution in [3.05, 3.63) is 17.0 Å². The fraction of sp³-hybridized carbons (Fsp3) is 0.667. The molecule has 1 aromatic heterocycles. The van der Waals surface area contributed by atoms with Gasteiger partial charge in [0, 0.05) is 38.0 Å². The van der Waals surface area contributed by atoms with Crippen LogP contribution >= 0.6 is 0 Å². The van der Waals surface area contributed by atoms with Crippen LogP contribution < -0.4 is 5.32 Å². The van der Waals surface area contributed by atoms with Crippen LogP contribution in [0.15, 0.2) is 4.52 Å². The molecule has 116 valence electrons. The second-order valence-electron chi connectivity index (χ2n) is 5.57. The summed E-state index contributed by atoms with van der Waals surface area (Å²) < 4.78 is 5.11. The molecule has 2 heterocycles. The SMILES string of the molecule is CNC(=O)C1CCN(C(=O)CCc2c(C)noc2C)CC1. The van der Waals surface area contributed by atoms with Gasteiger partial charge in [0.15, 0.2) is 0 Å². The highest BCUT2D eigenvalue weighted by molar-refractivity contribution is 5.80. The topological polar surface area (TPSA) is 75.4 Å². The lowest BCUT2D eigenvalue weighted by atomic mass is 9.95. The average molecular weight is 293 g/mol. The number of nitrogens with one attached hydrogen (secondary N) is 1. The van der Waals surface area contributed by atoms with Crippen LogP contribution in [0.4, 0.5) is 0 Å². The average Bonchev–Trinajstić information content (AvgIpc) is 2.83. The minimum Gasteiger partial charge on any atom is -0.361 e. The lowest BCUT2D eigenvalue weighted by Crippen LogP contribution is -2.42. The zero-order chi connectivity index (χ0) is 15.4. The Morgan fingerprint density at radius 3 is 2.52 bits per heavy atom. The second kappa shape index (κ2) is 6.74. The van der Waals surface area contributed by atoms with Gasteiger partial charge in [0.05, 0.1) is 5.69 Å². The summed E-state index contributed by atoms with van der Waals surface area (Å²) in [6.07, 6.45) is 2.62. The van der Waals surface area contributed by atoms with Crippen molar-refractivity contribution >= 4 is 11.8 Å². The Balaban J connectivity index is 1.81. The maximum atomic E-state index is 12.2. The number of nitrogens with zero attached hydrogens (tertiary/aromatic N) is 2. The summed E-state index contributed by atoms with van der Waals surface area (Å²) in [7, 11) is 1.66.